The van der Waals surface area contributed by atoms with Gasteiger partial charge in [0.05, 0.1) is 18.2 Å². The third kappa shape index (κ3) is 3.34. The molecule has 2 aromatic rings. The summed E-state index contributed by atoms with van der Waals surface area (Å²) >= 11 is 6.02. The second kappa shape index (κ2) is 6.57. The quantitative estimate of drug-likeness (QED) is 0.811. The zero-order valence-corrected chi connectivity index (χ0v) is 11.3. The maximum Gasteiger partial charge on any atom is 0.0951 e. The maximum absolute atomic E-state index is 6.02. The van der Waals surface area contributed by atoms with Crippen LogP contribution < -0.4 is 5.32 Å². The first-order chi connectivity index (χ1) is 8.81. The zero-order chi connectivity index (χ0) is 12.8. The van der Waals surface area contributed by atoms with Gasteiger partial charge in [-0.15, -0.1) is 0 Å². The van der Waals surface area contributed by atoms with Crippen molar-refractivity contribution in [2.24, 2.45) is 0 Å². The smallest absolute Gasteiger partial charge is 0.0951 e. The topological polar surface area (TPSA) is 29.9 Å². The van der Waals surface area contributed by atoms with E-state index in [1.165, 1.54) is 0 Å². The Morgan fingerprint density at radius 3 is 3.00 bits per heavy atom. The molecule has 0 aliphatic heterocycles. The summed E-state index contributed by atoms with van der Waals surface area (Å²) in [5.74, 6) is 0. The molecule has 0 amide bonds. The second-order valence-electron chi connectivity index (χ2n) is 4.23. The van der Waals surface area contributed by atoms with E-state index in [4.69, 9.17) is 11.6 Å². The molecule has 0 fully saturated rings. The first kappa shape index (κ1) is 13.1. The minimum absolute atomic E-state index is 0.754. The fraction of sp³-hybridized carbons (Fsp3) is 0.357. The highest BCUT2D eigenvalue weighted by Gasteiger charge is 2.04. The van der Waals surface area contributed by atoms with Crippen LogP contribution in [0.1, 0.15) is 13.3 Å². The van der Waals surface area contributed by atoms with E-state index < -0.39 is 0 Å². The molecule has 96 valence electrons. The van der Waals surface area contributed by atoms with E-state index >= 15 is 0 Å². The lowest BCUT2D eigenvalue weighted by molar-refractivity contribution is 0.596. The molecule has 0 saturated carbocycles. The average Bonchev–Trinajstić information content (AvgIpc) is 2.83. The Morgan fingerprint density at radius 2 is 2.22 bits per heavy atom. The minimum atomic E-state index is 0.754. The number of hydrogen-bond acceptors (Lipinski definition) is 2. The molecular weight excluding hydrogens is 246 g/mol. The van der Waals surface area contributed by atoms with E-state index in [2.05, 4.69) is 27.9 Å². The first-order valence-electron chi connectivity index (χ1n) is 6.28. The molecule has 4 heteroatoms. The zero-order valence-electron chi connectivity index (χ0n) is 10.6. The van der Waals surface area contributed by atoms with Crippen molar-refractivity contribution in [1.82, 2.24) is 14.9 Å². The Kier molecular flexibility index (Phi) is 4.79. The van der Waals surface area contributed by atoms with Crippen LogP contribution in [0.2, 0.25) is 5.02 Å². The number of benzene rings is 1. The van der Waals surface area contributed by atoms with Gasteiger partial charge in [-0.1, -0.05) is 30.7 Å². The molecule has 1 N–H and O–H groups in total. The Balaban J connectivity index is 2.08. The van der Waals surface area contributed by atoms with Gasteiger partial charge in [0.2, 0.25) is 0 Å². The third-order valence-electron chi connectivity index (χ3n) is 2.79. The van der Waals surface area contributed by atoms with E-state index in [1.807, 2.05) is 30.7 Å². The summed E-state index contributed by atoms with van der Waals surface area (Å²) in [5, 5.41) is 4.14. The van der Waals surface area contributed by atoms with Gasteiger partial charge < -0.3 is 9.88 Å². The summed E-state index contributed by atoms with van der Waals surface area (Å²) in [6.07, 6.45) is 4.90. The predicted octanol–water partition coefficient (Wildman–Crippen LogP) is 3.20. The molecule has 1 heterocycles. The Hall–Kier alpha value is -1.32. The highest BCUT2D eigenvalue weighted by molar-refractivity contribution is 6.30. The van der Waals surface area contributed by atoms with E-state index in [9.17, 15) is 0 Å². The molecule has 0 bridgehead atoms. The van der Waals surface area contributed by atoms with E-state index in [1.54, 1.807) is 0 Å². The summed E-state index contributed by atoms with van der Waals surface area (Å²) in [6, 6.07) is 7.87. The molecule has 1 aromatic carbocycles. The van der Waals surface area contributed by atoms with Crippen molar-refractivity contribution in [1.29, 1.82) is 0 Å². The van der Waals surface area contributed by atoms with Gasteiger partial charge in [0, 0.05) is 23.7 Å². The van der Waals surface area contributed by atoms with E-state index in [-0.39, 0.29) is 0 Å². The van der Waals surface area contributed by atoms with Crippen LogP contribution in [-0.2, 0) is 6.54 Å². The van der Waals surface area contributed by atoms with Gasteiger partial charge in [0.25, 0.3) is 0 Å². The molecule has 0 saturated heterocycles. The fourth-order valence-corrected chi connectivity index (χ4v) is 2.08. The SMILES string of the molecule is CCCNCCn1cncc1-c1cccc(Cl)c1. The van der Waals surface area contributed by atoms with Gasteiger partial charge in [-0.3, -0.25) is 0 Å². The van der Waals surface area contributed by atoms with Gasteiger partial charge >= 0.3 is 0 Å². The van der Waals surface area contributed by atoms with Crippen molar-refractivity contribution in [3.8, 4) is 11.3 Å². The minimum Gasteiger partial charge on any atom is -0.329 e. The number of aromatic nitrogens is 2. The van der Waals surface area contributed by atoms with Crippen LogP contribution in [0.15, 0.2) is 36.8 Å². The number of halogens is 1. The Labute approximate surface area is 113 Å². The highest BCUT2D eigenvalue weighted by Crippen LogP contribution is 2.22. The normalized spacial score (nSPS) is 10.8. The van der Waals surface area contributed by atoms with E-state index in [0.717, 1.165) is 42.3 Å². The largest absolute Gasteiger partial charge is 0.329 e. The van der Waals surface area contributed by atoms with Crippen LogP contribution >= 0.6 is 11.6 Å². The second-order valence-corrected chi connectivity index (χ2v) is 4.67. The standard InChI is InChI=1S/C14H18ClN3/c1-2-6-16-7-8-18-11-17-10-14(18)12-4-3-5-13(15)9-12/h3-5,9-11,16H,2,6-8H2,1H3. The summed E-state index contributed by atoms with van der Waals surface area (Å²) in [7, 11) is 0. The number of imidazole rings is 1. The number of nitrogens with one attached hydrogen (secondary N) is 1. The van der Waals surface area contributed by atoms with Crippen molar-refractivity contribution in [3.63, 3.8) is 0 Å². The van der Waals surface area contributed by atoms with Crippen LogP contribution in [0.4, 0.5) is 0 Å². The maximum atomic E-state index is 6.02. The Morgan fingerprint density at radius 1 is 1.33 bits per heavy atom. The fourth-order valence-electron chi connectivity index (χ4n) is 1.89. The van der Waals surface area contributed by atoms with Gasteiger partial charge in [-0.2, -0.15) is 0 Å². The molecule has 3 nitrogen and oxygen atoms in total. The summed E-state index contributed by atoms with van der Waals surface area (Å²) in [6.45, 7) is 5.10. The Bertz CT molecular complexity index is 493. The average molecular weight is 264 g/mol. The van der Waals surface area contributed by atoms with Crippen molar-refractivity contribution in [2.45, 2.75) is 19.9 Å². The molecule has 18 heavy (non-hydrogen) atoms. The molecular formula is C14H18ClN3. The monoisotopic (exact) mass is 263 g/mol. The van der Waals surface area contributed by atoms with Gasteiger partial charge in [-0.05, 0) is 25.1 Å². The highest BCUT2D eigenvalue weighted by atomic mass is 35.5. The molecule has 0 radical (unpaired) electrons. The van der Waals surface area contributed by atoms with Crippen molar-refractivity contribution < 1.29 is 0 Å². The van der Waals surface area contributed by atoms with Crippen LogP contribution in [-0.4, -0.2) is 22.6 Å². The summed E-state index contributed by atoms with van der Waals surface area (Å²) in [4.78, 5) is 4.22. The summed E-state index contributed by atoms with van der Waals surface area (Å²) < 4.78 is 2.15. The molecule has 1 aromatic heterocycles. The summed E-state index contributed by atoms with van der Waals surface area (Å²) in [5.41, 5.74) is 2.21. The van der Waals surface area contributed by atoms with Crippen LogP contribution in [0, 0.1) is 0 Å². The van der Waals surface area contributed by atoms with Gasteiger partial charge in [0.1, 0.15) is 0 Å². The van der Waals surface area contributed by atoms with Crippen LogP contribution in [0.3, 0.4) is 0 Å². The van der Waals surface area contributed by atoms with Crippen molar-refractivity contribution in [3.05, 3.63) is 41.8 Å². The number of nitrogens with zero attached hydrogens (tertiary/aromatic N) is 2. The van der Waals surface area contributed by atoms with Crippen molar-refractivity contribution in [2.75, 3.05) is 13.1 Å². The molecule has 0 aliphatic rings. The number of rotatable bonds is 6. The molecule has 0 spiro atoms. The van der Waals surface area contributed by atoms with E-state index in [0.29, 0.717) is 0 Å². The van der Waals surface area contributed by atoms with Gasteiger partial charge in [0.15, 0.2) is 0 Å². The molecule has 0 atom stereocenters. The molecule has 2 rings (SSSR count). The lowest BCUT2D eigenvalue weighted by Crippen LogP contribution is -2.20. The predicted molar refractivity (Wildman–Crippen MR) is 75.8 cm³/mol. The first-order valence-corrected chi connectivity index (χ1v) is 6.66. The van der Waals surface area contributed by atoms with Crippen molar-refractivity contribution >= 4 is 11.6 Å². The molecule has 0 aliphatic carbocycles. The lowest BCUT2D eigenvalue weighted by Gasteiger charge is -2.09. The van der Waals surface area contributed by atoms with Crippen LogP contribution in [0.25, 0.3) is 11.3 Å². The van der Waals surface area contributed by atoms with Crippen LogP contribution in [0.5, 0.6) is 0 Å². The third-order valence-corrected chi connectivity index (χ3v) is 3.02. The lowest BCUT2D eigenvalue weighted by atomic mass is 10.2. The number of hydrogen-bond donors (Lipinski definition) is 1. The van der Waals surface area contributed by atoms with Gasteiger partial charge in [-0.25, -0.2) is 4.98 Å². The molecule has 0 unspecified atom stereocenters.